The van der Waals surface area contributed by atoms with E-state index in [0.717, 1.165) is 35.5 Å². The Morgan fingerprint density at radius 1 is 1.40 bits per heavy atom. The Morgan fingerprint density at radius 3 is 2.90 bits per heavy atom. The van der Waals surface area contributed by atoms with Gasteiger partial charge >= 0.3 is 0 Å². The molecule has 0 spiro atoms. The normalized spacial score (nSPS) is 19.6. The van der Waals surface area contributed by atoms with Crippen molar-refractivity contribution in [3.05, 3.63) is 45.6 Å². The molecule has 0 saturated carbocycles. The molecule has 3 rings (SSSR count). The third-order valence-electron chi connectivity index (χ3n) is 3.31. The Labute approximate surface area is 133 Å². The predicted molar refractivity (Wildman–Crippen MR) is 84.6 cm³/mol. The van der Waals surface area contributed by atoms with Gasteiger partial charge in [-0.3, -0.25) is 9.88 Å². The Hall–Kier alpha value is -0.720. The third-order valence-corrected chi connectivity index (χ3v) is 4.41. The summed E-state index contributed by atoms with van der Waals surface area (Å²) in [5.41, 5.74) is 1.30. The van der Waals surface area contributed by atoms with Gasteiger partial charge in [-0.15, -0.1) is 23.7 Å². The van der Waals surface area contributed by atoms with Crippen LogP contribution in [0.25, 0.3) is 0 Å². The maximum Gasteiger partial charge on any atom is 0.113 e. The number of piperazine rings is 1. The number of pyridine rings is 1. The SMILES string of the molecule is Cl.Clc1cnc(CN2CCNCC2c2ccncc2)s1. The Morgan fingerprint density at radius 2 is 2.20 bits per heavy atom. The fourth-order valence-corrected chi connectivity index (χ4v) is 3.37. The summed E-state index contributed by atoms with van der Waals surface area (Å²) in [7, 11) is 0. The van der Waals surface area contributed by atoms with E-state index in [1.807, 2.05) is 12.4 Å². The number of nitrogens with one attached hydrogen (secondary N) is 1. The lowest BCUT2D eigenvalue weighted by molar-refractivity contribution is 0.153. The number of aromatic nitrogens is 2. The minimum atomic E-state index is 0. The number of hydrogen-bond acceptors (Lipinski definition) is 5. The van der Waals surface area contributed by atoms with E-state index in [2.05, 4.69) is 32.3 Å². The summed E-state index contributed by atoms with van der Waals surface area (Å²) in [6.07, 6.45) is 5.43. The van der Waals surface area contributed by atoms with E-state index >= 15 is 0 Å². The molecular weight excluding hydrogens is 315 g/mol. The first-order valence-corrected chi connectivity index (χ1v) is 7.47. The van der Waals surface area contributed by atoms with Crippen LogP contribution in [0.5, 0.6) is 0 Å². The summed E-state index contributed by atoms with van der Waals surface area (Å²) in [5.74, 6) is 0. The molecule has 0 bridgehead atoms. The van der Waals surface area contributed by atoms with E-state index in [1.54, 1.807) is 17.5 Å². The van der Waals surface area contributed by atoms with Gasteiger partial charge in [0.2, 0.25) is 0 Å². The van der Waals surface area contributed by atoms with Crippen LogP contribution >= 0.6 is 35.3 Å². The molecule has 3 heterocycles. The Balaban J connectivity index is 0.00000147. The monoisotopic (exact) mass is 330 g/mol. The zero-order chi connectivity index (χ0) is 13.1. The van der Waals surface area contributed by atoms with Crippen LogP contribution in [0.3, 0.4) is 0 Å². The molecule has 7 heteroatoms. The Kier molecular flexibility index (Phi) is 5.74. The molecule has 1 fully saturated rings. The van der Waals surface area contributed by atoms with Gasteiger partial charge in [-0.2, -0.15) is 0 Å². The second-order valence-corrected chi connectivity index (χ2v) is 6.28. The molecule has 4 nitrogen and oxygen atoms in total. The van der Waals surface area contributed by atoms with Crippen molar-refractivity contribution < 1.29 is 0 Å². The van der Waals surface area contributed by atoms with Crippen LogP contribution in [0.15, 0.2) is 30.7 Å². The van der Waals surface area contributed by atoms with Crippen molar-refractivity contribution in [1.82, 2.24) is 20.2 Å². The maximum atomic E-state index is 5.95. The summed E-state index contributed by atoms with van der Waals surface area (Å²) < 4.78 is 0.755. The van der Waals surface area contributed by atoms with Gasteiger partial charge in [0, 0.05) is 38.1 Å². The van der Waals surface area contributed by atoms with Crippen molar-refractivity contribution >= 4 is 35.3 Å². The van der Waals surface area contributed by atoms with Gasteiger partial charge in [0.15, 0.2) is 0 Å². The van der Waals surface area contributed by atoms with Crippen LogP contribution in [0.2, 0.25) is 4.34 Å². The largest absolute Gasteiger partial charge is 0.314 e. The average molecular weight is 331 g/mol. The summed E-state index contributed by atoms with van der Waals surface area (Å²) in [4.78, 5) is 10.9. The van der Waals surface area contributed by atoms with Crippen molar-refractivity contribution in [3.63, 3.8) is 0 Å². The first-order valence-electron chi connectivity index (χ1n) is 6.28. The van der Waals surface area contributed by atoms with Crippen molar-refractivity contribution in [2.75, 3.05) is 19.6 Å². The van der Waals surface area contributed by atoms with Crippen molar-refractivity contribution in [2.45, 2.75) is 12.6 Å². The molecular formula is C13H16Cl2N4S. The fourth-order valence-electron chi connectivity index (χ4n) is 2.38. The van der Waals surface area contributed by atoms with Crippen LogP contribution in [-0.4, -0.2) is 34.5 Å². The van der Waals surface area contributed by atoms with E-state index in [1.165, 1.54) is 5.56 Å². The second kappa shape index (κ2) is 7.33. The highest BCUT2D eigenvalue weighted by Crippen LogP contribution is 2.26. The van der Waals surface area contributed by atoms with Gasteiger partial charge in [-0.1, -0.05) is 11.6 Å². The maximum absolute atomic E-state index is 5.95. The fraction of sp³-hybridized carbons (Fsp3) is 0.385. The highest BCUT2D eigenvalue weighted by Gasteiger charge is 2.24. The lowest BCUT2D eigenvalue weighted by Gasteiger charge is -2.35. The minimum absolute atomic E-state index is 0. The summed E-state index contributed by atoms with van der Waals surface area (Å²) in [6.45, 7) is 3.85. The lowest BCUT2D eigenvalue weighted by atomic mass is 10.0. The van der Waals surface area contributed by atoms with E-state index in [0.29, 0.717) is 6.04 Å². The molecule has 108 valence electrons. The smallest absolute Gasteiger partial charge is 0.113 e. The first-order chi connectivity index (χ1) is 9.33. The van der Waals surface area contributed by atoms with Crippen molar-refractivity contribution in [3.8, 4) is 0 Å². The molecule has 0 radical (unpaired) electrons. The van der Waals surface area contributed by atoms with E-state index in [9.17, 15) is 0 Å². The second-order valence-electron chi connectivity index (χ2n) is 4.53. The van der Waals surface area contributed by atoms with Gasteiger partial charge in [0.25, 0.3) is 0 Å². The molecule has 1 N–H and O–H groups in total. The third kappa shape index (κ3) is 3.68. The number of rotatable bonds is 3. The summed E-state index contributed by atoms with van der Waals surface area (Å²) in [5, 5.41) is 4.52. The van der Waals surface area contributed by atoms with Crippen LogP contribution in [0.1, 0.15) is 16.6 Å². The molecule has 1 atom stereocenters. The highest BCUT2D eigenvalue weighted by molar-refractivity contribution is 7.15. The summed E-state index contributed by atoms with van der Waals surface area (Å²) >= 11 is 7.51. The lowest BCUT2D eigenvalue weighted by Crippen LogP contribution is -2.45. The predicted octanol–water partition coefficient (Wildman–Crippen LogP) is 2.76. The molecule has 1 saturated heterocycles. The topological polar surface area (TPSA) is 41.1 Å². The number of thiazole rings is 1. The number of halogens is 2. The van der Waals surface area contributed by atoms with Gasteiger partial charge in [-0.25, -0.2) is 4.98 Å². The van der Waals surface area contributed by atoms with E-state index in [4.69, 9.17) is 11.6 Å². The van der Waals surface area contributed by atoms with E-state index in [-0.39, 0.29) is 12.4 Å². The molecule has 20 heavy (non-hydrogen) atoms. The summed E-state index contributed by atoms with van der Waals surface area (Å²) in [6, 6.07) is 4.54. The minimum Gasteiger partial charge on any atom is -0.314 e. The number of nitrogens with zero attached hydrogens (tertiary/aromatic N) is 3. The molecule has 1 aliphatic rings. The van der Waals surface area contributed by atoms with Gasteiger partial charge in [0.1, 0.15) is 9.34 Å². The van der Waals surface area contributed by atoms with Crippen molar-refractivity contribution in [2.24, 2.45) is 0 Å². The van der Waals surface area contributed by atoms with Crippen LogP contribution in [-0.2, 0) is 6.54 Å². The molecule has 0 aliphatic carbocycles. The van der Waals surface area contributed by atoms with Crippen LogP contribution in [0.4, 0.5) is 0 Å². The molecule has 0 aromatic carbocycles. The zero-order valence-electron chi connectivity index (χ0n) is 10.8. The van der Waals surface area contributed by atoms with Crippen molar-refractivity contribution in [1.29, 1.82) is 0 Å². The molecule has 2 aromatic heterocycles. The number of hydrogen-bond donors (Lipinski definition) is 1. The standard InChI is InChI=1S/C13H15ClN4S.ClH/c14-12-8-17-13(19-12)9-18-6-5-16-7-11(18)10-1-3-15-4-2-10;/h1-4,8,11,16H,5-7,9H2;1H. The quantitative estimate of drug-likeness (QED) is 0.939. The van der Waals surface area contributed by atoms with Crippen LogP contribution < -0.4 is 5.32 Å². The van der Waals surface area contributed by atoms with Crippen LogP contribution in [0, 0.1) is 0 Å². The molecule has 2 aromatic rings. The van der Waals surface area contributed by atoms with Gasteiger partial charge in [-0.05, 0) is 17.7 Å². The zero-order valence-corrected chi connectivity index (χ0v) is 13.2. The molecule has 1 aliphatic heterocycles. The van der Waals surface area contributed by atoms with Gasteiger partial charge < -0.3 is 5.32 Å². The molecule has 1 unspecified atom stereocenters. The van der Waals surface area contributed by atoms with E-state index < -0.39 is 0 Å². The average Bonchev–Trinajstić information content (AvgIpc) is 2.86. The first kappa shape index (κ1) is 15.7. The Bertz CT molecular complexity index is 534. The molecule has 0 amide bonds. The highest BCUT2D eigenvalue weighted by atomic mass is 35.5. The van der Waals surface area contributed by atoms with Gasteiger partial charge in [0.05, 0.1) is 12.7 Å².